The lowest BCUT2D eigenvalue weighted by Crippen LogP contribution is -2.05. The van der Waals surface area contributed by atoms with Gasteiger partial charge in [-0.15, -0.1) is 0 Å². The molecule has 146 valence electrons. The molecule has 3 heteroatoms. The molecule has 3 N–H and O–H groups in total. The van der Waals surface area contributed by atoms with Gasteiger partial charge in [-0.25, -0.2) is 0 Å². The van der Waals surface area contributed by atoms with Crippen LogP contribution >= 0.6 is 0 Å². The van der Waals surface area contributed by atoms with Crippen LogP contribution in [0.4, 0.5) is 0 Å². The van der Waals surface area contributed by atoms with E-state index in [0.29, 0.717) is 6.42 Å². The van der Waals surface area contributed by atoms with E-state index in [0.717, 1.165) is 39.8 Å². The second kappa shape index (κ2) is 9.65. The first-order chi connectivity index (χ1) is 13.7. The average Bonchev–Trinajstić information content (AvgIpc) is 2.74. The minimum Gasteiger partial charge on any atom is -0.396 e. The lowest BCUT2D eigenvalue weighted by molar-refractivity contribution is 0.237. The summed E-state index contributed by atoms with van der Waals surface area (Å²) < 4.78 is 0. The fourth-order valence-corrected chi connectivity index (χ4v) is 3.63. The summed E-state index contributed by atoms with van der Waals surface area (Å²) in [6.07, 6.45) is 1.39. The lowest BCUT2D eigenvalue weighted by atomic mass is 9.89. The third kappa shape index (κ3) is 4.68. The van der Waals surface area contributed by atoms with Crippen molar-refractivity contribution in [1.82, 2.24) is 0 Å². The van der Waals surface area contributed by atoms with Crippen molar-refractivity contribution in [2.45, 2.75) is 26.4 Å². The molecular weight excluding hydrogens is 348 g/mol. The topological polar surface area (TPSA) is 60.7 Å². The quantitative estimate of drug-likeness (QED) is 0.552. The number of aliphatic hydroxyl groups is 3. The summed E-state index contributed by atoms with van der Waals surface area (Å²) in [5, 5.41) is 28.5. The van der Waals surface area contributed by atoms with Gasteiger partial charge in [-0.05, 0) is 63.8 Å². The Hall–Kier alpha value is -2.46. The van der Waals surface area contributed by atoms with Crippen LogP contribution in [0.25, 0.3) is 22.3 Å². The Balaban J connectivity index is 2.04. The molecule has 0 aliphatic heterocycles. The van der Waals surface area contributed by atoms with Gasteiger partial charge in [0.25, 0.3) is 0 Å². The molecule has 0 saturated carbocycles. The van der Waals surface area contributed by atoms with Crippen molar-refractivity contribution < 1.29 is 15.3 Å². The van der Waals surface area contributed by atoms with Gasteiger partial charge in [0.1, 0.15) is 0 Å². The van der Waals surface area contributed by atoms with Crippen LogP contribution in [0.5, 0.6) is 0 Å². The largest absolute Gasteiger partial charge is 0.396 e. The molecule has 0 fully saturated rings. The summed E-state index contributed by atoms with van der Waals surface area (Å²) in [5.74, 6) is 0.207. The maximum absolute atomic E-state index is 9.59. The van der Waals surface area contributed by atoms with E-state index in [-0.39, 0.29) is 25.7 Å². The minimum atomic E-state index is 0.0116. The summed E-state index contributed by atoms with van der Waals surface area (Å²) in [7, 11) is 0. The second-order valence-electron chi connectivity index (χ2n) is 7.35. The molecule has 0 aliphatic carbocycles. The lowest BCUT2D eigenvalue weighted by Gasteiger charge is -2.16. The molecule has 1 atom stereocenters. The van der Waals surface area contributed by atoms with Gasteiger partial charge >= 0.3 is 0 Å². The standard InChI is InChI=1S/C25H28O3/c1-18(16-27)13-20-6-2-3-8-24(20)22-9-10-25(23(15-22)11-12-26)21-7-4-5-19(14-21)17-28/h2-10,14-15,18,26-28H,11-13,16-17H2,1H3. The van der Waals surface area contributed by atoms with Crippen LogP contribution in [0.2, 0.25) is 0 Å². The summed E-state index contributed by atoms with van der Waals surface area (Å²) in [6, 6.07) is 22.5. The Labute approximate surface area is 166 Å². The Morgan fingerprint density at radius 3 is 2.25 bits per heavy atom. The van der Waals surface area contributed by atoms with Crippen LogP contribution in [0.1, 0.15) is 23.6 Å². The number of benzene rings is 3. The molecule has 3 rings (SSSR count). The van der Waals surface area contributed by atoms with Crippen molar-refractivity contribution in [3.05, 3.63) is 83.4 Å². The van der Waals surface area contributed by atoms with Gasteiger partial charge < -0.3 is 15.3 Å². The van der Waals surface area contributed by atoms with Crippen molar-refractivity contribution in [3.8, 4) is 22.3 Å². The maximum atomic E-state index is 9.59. The molecule has 0 spiro atoms. The molecule has 0 heterocycles. The predicted octanol–water partition coefficient (Wildman–Crippen LogP) is 4.22. The van der Waals surface area contributed by atoms with E-state index in [2.05, 4.69) is 30.3 Å². The van der Waals surface area contributed by atoms with Crippen molar-refractivity contribution in [2.75, 3.05) is 13.2 Å². The van der Waals surface area contributed by atoms with E-state index in [1.165, 1.54) is 5.56 Å². The summed E-state index contributed by atoms with van der Waals surface area (Å²) >= 11 is 0. The zero-order valence-corrected chi connectivity index (χ0v) is 16.3. The van der Waals surface area contributed by atoms with Crippen LogP contribution in [0.15, 0.2) is 66.7 Å². The van der Waals surface area contributed by atoms with E-state index < -0.39 is 0 Å². The highest BCUT2D eigenvalue weighted by Crippen LogP contribution is 2.32. The number of rotatable bonds is 8. The van der Waals surface area contributed by atoms with Gasteiger partial charge in [0.05, 0.1) is 6.61 Å². The zero-order valence-electron chi connectivity index (χ0n) is 16.3. The predicted molar refractivity (Wildman–Crippen MR) is 114 cm³/mol. The Morgan fingerprint density at radius 2 is 1.50 bits per heavy atom. The molecule has 28 heavy (non-hydrogen) atoms. The Kier molecular flexibility index (Phi) is 6.99. The normalized spacial score (nSPS) is 12.1. The van der Waals surface area contributed by atoms with E-state index in [1.807, 2.05) is 43.3 Å². The van der Waals surface area contributed by atoms with Crippen LogP contribution in [-0.2, 0) is 19.4 Å². The van der Waals surface area contributed by atoms with Gasteiger partial charge in [0.2, 0.25) is 0 Å². The molecule has 0 aliphatic rings. The average molecular weight is 376 g/mol. The van der Waals surface area contributed by atoms with Gasteiger partial charge in [-0.3, -0.25) is 0 Å². The van der Waals surface area contributed by atoms with Gasteiger partial charge in [0.15, 0.2) is 0 Å². The smallest absolute Gasteiger partial charge is 0.0682 e. The minimum absolute atomic E-state index is 0.0116. The fraction of sp³-hybridized carbons (Fsp3) is 0.280. The molecule has 0 bridgehead atoms. The van der Waals surface area contributed by atoms with Crippen LogP contribution in [0.3, 0.4) is 0 Å². The molecule has 0 radical (unpaired) electrons. The molecule has 1 unspecified atom stereocenters. The molecule has 0 aromatic heterocycles. The Morgan fingerprint density at radius 1 is 0.750 bits per heavy atom. The van der Waals surface area contributed by atoms with E-state index in [1.54, 1.807) is 0 Å². The SMILES string of the molecule is CC(CO)Cc1ccccc1-c1ccc(-c2cccc(CO)c2)c(CCO)c1. The summed E-state index contributed by atoms with van der Waals surface area (Å²) in [4.78, 5) is 0. The number of hydrogen-bond acceptors (Lipinski definition) is 3. The van der Waals surface area contributed by atoms with Crippen molar-refractivity contribution in [2.24, 2.45) is 5.92 Å². The second-order valence-corrected chi connectivity index (χ2v) is 7.35. The first-order valence-corrected chi connectivity index (χ1v) is 9.79. The summed E-state index contributed by atoms with van der Waals surface area (Å²) in [5.41, 5.74) is 7.58. The third-order valence-corrected chi connectivity index (χ3v) is 5.12. The zero-order chi connectivity index (χ0) is 19.9. The molecule has 0 saturated heterocycles. The monoisotopic (exact) mass is 376 g/mol. The summed E-state index contributed by atoms with van der Waals surface area (Å²) in [6.45, 7) is 2.31. The highest BCUT2D eigenvalue weighted by atomic mass is 16.3. The van der Waals surface area contributed by atoms with Gasteiger partial charge in [-0.1, -0.05) is 67.6 Å². The molecule has 0 amide bonds. The number of aliphatic hydroxyl groups excluding tert-OH is 3. The first-order valence-electron chi connectivity index (χ1n) is 9.79. The van der Waals surface area contributed by atoms with E-state index in [4.69, 9.17) is 0 Å². The van der Waals surface area contributed by atoms with Crippen molar-refractivity contribution >= 4 is 0 Å². The van der Waals surface area contributed by atoms with Crippen molar-refractivity contribution in [3.63, 3.8) is 0 Å². The van der Waals surface area contributed by atoms with E-state index in [9.17, 15) is 15.3 Å². The van der Waals surface area contributed by atoms with Crippen LogP contribution < -0.4 is 0 Å². The van der Waals surface area contributed by atoms with Gasteiger partial charge in [0, 0.05) is 13.2 Å². The molecule has 3 aromatic carbocycles. The van der Waals surface area contributed by atoms with Crippen LogP contribution in [-0.4, -0.2) is 28.5 Å². The van der Waals surface area contributed by atoms with Crippen LogP contribution in [0, 0.1) is 5.92 Å². The van der Waals surface area contributed by atoms with Crippen molar-refractivity contribution in [1.29, 1.82) is 0 Å². The molecular formula is C25H28O3. The third-order valence-electron chi connectivity index (χ3n) is 5.12. The fourth-order valence-electron chi connectivity index (χ4n) is 3.63. The highest BCUT2D eigenvalue weighted by Gasteiger charge is 2.12. The highest BCUT2D eigenvalue weighted by molar-refractivity contribution is 5.75. The van der Waals surface area contributed by atoms with E-state index >= 15 is 0 Å². The number of hydrogen-bond donors (Lipinski definition) is 3. The molecule has 3 aromatic rings. The Bertz CT molecular complexity index is 917. The van der Waals surface area contributed by atoms with Gasteiger partial charge in [-0.2, -0.15) is 0 Å². The first kappa shape index (κ1) is 20.3. The maximum Gasteiger partial charge on any atom is 0.0682 e. The molecule has 3 nitrogen and oxygen atoms in total.